The summed E-state index contributed by atoms with van der Waals surface area (Å²) >= 11 is 0. The highest BCUT2D eigenvalue weighted by Gasteiger charge is 2.28. The third-order valence-electron chi connectivity index (χ3n) is 3.34. The summed E-state index contributed by atoms with van der Waals surface area (Å²) in [6, 6.07) is 0. The van der Waals surface area contributed by atoms with Crippen LogP contribution in [-0.2, 0) is 4.79 Å². The Hall–Kier alpha value is -2.03. The summed E-state index contributed by atoms with van der Waals surface area (Å²) in [6.07, 6.45) is 10.8. The molecule has 0 rings (SSSR count). The number of rotatable bonds is 12. The van der Waals surface area contributed by atoms with Gasteiger partial charge in [0.25, 0.3) is 0 Å². The zero-order chi connectivity index (χ0) is 20.0. The molecule has 0 aliphatic carbocycles. The molecular formula is C19H28O7. The zero-order valence-electron chi connectivity index (χ0n) is 14.7. The maximum Gasteiger partial charge on any atom is 0.327 e. The predicted octanol–water partition coefficient (Wildman–Crippen LogP) is 0.458. The Kier molecular flexibility index (Phi) is 12.2. The van der Waals surface area contributed by atoms with Crippen molar-refractivity contribution >= 4 is 5.97 Å². The monoisotopic (exact) mass is 368 g/mol. The van der Waals surface area contributed by atoms with Crippen molar-refractivity contribution < 1.29 is 35.4 Å². The fourth-order valence-corrected chi connectivity index (χ4v) is 1.81. The van der Waals surface area contributed by atoms with Gasteiger partial charge >= 0.3 is 5.97 Å². The minimum atomic E-state index is -1.67. The van der Waals surface area contributed by atoms with Crippen LogP contribution < -0.4 is 0 Å². The highest BCUT2D eigenvalue weighted by molar-refractivity contribution is 5.79. The maximum absolute atomic E-state index is 10.3. The molecule has 0 aromatic rings. The van der Waals surface area contributed by atoms with Crippen LogP contribution in [0.1, 0.15) is 19.8 Å². The molecule has 0 saturated heterocycles. The summed E-state index contributed by atoms with van der Waals surface area (Å²) in [7, 11) is 0. The number of aliphatic hydroxyl groups excluding tert-OH is 4. The van der Waals surface area contributed by atoms with Gasteiger partial charge in [-0.25, -0.2) is 4.79 Å². The minimum absolute atomic E-state index is 0.0530. The number of carbonyl (C=O) groups is 1. The molecule has 4 atom stereocenters. The molecule has 0 saturated carbocycles. The lowest BCUT2D eigenvalue weighted by atomic mass is 9.93. The third-order valence-corrected chi connectivity index (χ3v) is 3.34. The van der Waals surface area contributed by atoms with Crippen molar-refractivity contribution in [2.75, 3.05) is 6.61 Å². The molecule has 0 aromatic heterocycles. The second-order valence-electron chi connectivity index (χ2n) is 5.83. The molecule has 7 nitrogen and oxygen atoms in total. The normalized spacial score (nSPS) is 19.0. The Morgan fingerprint density at radius 2 is 1.65 bits per heavy atom. The van der Waals surface area contributed by atoms with Crippen LogP contribution in [0.3, 0.4) is 0 Å². The summed E-state index contributed by atoms with van der Waals surface area (Å²) in [4.78, 5) is 10.3. The van der Waals surface area contributed by atoms with Gasteiger partial charge in [-0.2, -0.15) is 0 Å². The summed E-state index contributed by atoms with van der Waals surface area (Å²) in [5.41, 5.74) is -1.67. The van der Waals surface area contributed by atoms with Gasteiger partial charge in [0.15, 0.2) is 0 Å². The second kappa shape index (κ2) is 13.2. The molecular weight excluding hydrogens is 340 g/mol. The van der Waals surface area contributed by atoms with Crippen molar-refractivity contribution in [1.82, 2.24) is 0 Å². The molecule has 0 aliphatic heterocycles. The molecule has 0 aliphatic rings. The van der Waals surface area contributed by atoms with E-state index >= 15 is 0 Å². The van der Waals surface area contributed by atoms with Gasteiger partial charge in [0.1, 0.15) is 5.60 Å². The molecule has 7 heteroatoms. The Bertz CT molecular complexity index is 544. The number of allylic oxidation sites excluding steroid dienone is 4. The van der Waals surface area contributed by atoms with E-state index in [2.05, 4.69) is 0 Å². The maximum atomic E-state index is 10.3. The van der Waals surface area contributed by atoms with Gasteiger partial charge in [-0.05, 0) is 13.3 Å². The lowest BCUT2D eigenvalue weighted by Crippen LogP contribution is -2.39. The van der Waals surface area contributed by atoms with Crippen LogP contribution in [0.5, 0.6) is 0 Å². The Balaban J connectivity index is 4.51. The van der Waals surface area contributed by atoms with Gasteiger partial charge in [0, 0.05) is 12.5 Å². The molecule has 0 bridgehead atoms. The summed E-state index contributed by atoms with van der Waals surface area (Å²) < 4.78 is 0. The lowest BCUT2D eigenvalue weighted by Gasteiger charge is -2.27. The number of aliphatic hydroxyl groups is 5. The van der Waals surface area contributed by atoms with Crippen molar-refractivity contribution in [3.63, 3.8) is 0 Å². The average molecular weight is 368 g/mol. The van der Waals surface area contributed by atoms with Gasteiger partial charge in [0.2, 0.25) is 0 Å². The van der Waals surface area contributed by atoms with Crippen LogP contribution in [-0.4, -0.2) is 67.1 Å². The van der Waals surface area contributed by atoms with E-state index in [-0.39, 0.29) is 19.4 Å². The van der Waals surface area contributed by atoms with E-state index in [4.69, 9.17) is 10.2 Å². The molecule has 0 aromatic carbocycles. The lowest BCUT2D eigenvalue weighted by molar-refractivity contribution is -0.131. The Morgan fingerprint density at radius 1 is 1.00 bits per heavy atom. The van der Waals surface area contributed by atoms with E-state index in [0.717, 1.165) is 6.08 Å². The third kappa shape index (κ3) is 12.3. The standard InChI is InChI=1S/C19H28O7/c1-19(26,12-11-15(21)9-7-10-18(24)25)17(23)14-16(22)8-5-3-2-4-6-13-20/h2-8,10-12,15-17,20-23,26H,9,13-14H2,1H3,(H,24,25)/b3-2+,6-4+,8-5+,10-7+,12-11+. The van der Waals surface area contributed by atoms with E-state index in [0.29, 0.717) is 0 Å². The number of carboxylic acid groups (broad SMARTS) is 1. The smallest absolute Gasteiger partial charge is 0.327 e. The van der Waals surface area contributed by atoms with E-state index in [1.165, 1.54) is 31.2 Å². The largest absolute Gasteiger partial charge is 0.478 e. The summed E-state index contributed by atoms with van der Waals surface area (Å²) in [5.74, 6) is -1.12. The molecule has 4 unspecified atom stereocenters. The first-order valence-corrected chi connectivity index (χ1v) is 8.15. The first-order chi connectivity index (χ1) is 12.2. The molecule has 0 heterocycles. The number of hydrogen-bond acceptors (Lipinski definition) is 6. The second-order valence-corrected chi connectivity index (χ2v) is 5.83. The van der Waals surface area contributed by atoms with Crippen LogP contribution in [0, 0.1) is 0 Å². The molecule has 0 spiro atoms. The van der Waals surface area contributed by atoms with E-state index in [9.17, 15) is 25.2 Å². The van der Waals surface area contributed by atoms with Crippen molar-refractivity contribution in [1.29, 1.82) is 0 Å². The number of aliphatic carboxylic acids is 1. The van der Waals surface area contributed by atoms with Crippen LogP contribution in [0.4, 0.5) is 0 Å². The first-order valence-electron chi connectivity index (χ1n) is 8.15. The van der Waals surface area contributed by atoms with Crippen LogP contribution in [0.25, 0.3) is 0 Å². The molecule has 0 fully saturated rings. The van der Waals surface area contributed by atoms with Gasteiger partial charge in [-0.15, -0.1) is 0 Å². The summed E-state index contributed by atoms with van der Waals surface area (Å²) in [6.45, 7) is 1.28. The van der Waals surface area contributed by atoms with Crippen LogP contribution in [0.2, 0.25) is 0 Å². The highest BCUT2D eigenvalue weighted by atomic mass is 16.4. The molecule has 26 heavy (non-hydrogen) atoms. The Labute approximate surface area is 153 Å². The van der Waals surface area contributed by atoms with Crippen molar-refractivity contribution in [2.45, 2.75) is 43.7 Å². The minimum Gasteiger partial charge on any atom is -0.478 e. The summed E-state index contributed by atoms with van der Waals surface area (Å²) in [5, 5.41) is 56.8. The molecule has 0 radical (unpaired) electrons. The molecule has 6 N–H and O–H groups in total. The number of carboxylic acids is 1. The van der Waals surface area contributed by atoms with Crippen molar-refractivity contribution in [2.24, 2.45) is 0 Å². The van der Waals surface area contributed by atoms with Gasteiger partial charge in [0.05, 0.1) is 24.9 Å². The molecule has 0 amide bonds. The Morgan fingerprint density at radius 3 is 2.27 bits per heavy atom. The van der Waals surface area contributed by atoms with Gasteiger partial charge in [-0.3, -0.25) is 0 Å². The van der Waals surface area contributed by atoms with E-state index in [1.807, 2.05) is 0 Å². The quantitative estimate of drug-likeness (QED) is 0.167. The zero-order valence-corrected chi connectivity index (χ0v) is 14.7. The van der Waals surface area contributed by atoms with E-state index in [1.54, 1.807) is 30.4 Å². The van der Waals surface area contributed by atoms with Crippen molar-refractivity contribution in [3.8, 4) is 0 Å². The predicted molar refractivity (Wildman–Crippen MR) is 98.3 cm³/mol. The fourth-order valence-electron chi connectivity index (χ4n) is 1.81. The number of hydrogen-bond donors (Lipinski definition) is 6. The average Bonchev–Trinajstić information content (AvgIpc) is 2.55. The van der Waals surface area contributed by atoms with Crippen LogP contribution in [0.15, 0.2) is 60.8 Å². The topological polar surface area (TPSA) is 138 Å². The van der Waals surface area contributed by atoms with E-state index < -0.39 is 29.9 Å². The highest BCUT2D eigenvalue weighted by Crippen LogP contribution is 2.18. The van der Waals surface area contributed by atoms with Crippen molar-refractivity contribution in [3.05, 3.63) is 60.8 Å². The SMILES string of the molecule is CC(O)(/C=C/C(O)C/C=C/C(=O)O)C(O)CC(O)/C=C/C=C/C=C/CO. The van der Waals surface area contributed by atoms with Crippen LogP contribution >= 0.6 is 0 Å². The van der Waals surface area contributed by atoms with Gasteiger partial charge in [-0.1, -0.05) is 54.7 Å². The molecule has 146 valence electrons. The fraction of sp³-hybridized carbons (Fsp3) is 0.421. The first kappa shape index (κ1) is 24.0. The van der Waals surface area contributed by atoms with Gasteiger partial charge < -0.3 is 30.6 Å².